The van der Waals surface area contributed by atoms with E-state index < -0.39 is 0 Å². The van der Waals surface area contributed by atoms with Gasteiger partial charge >= 0.3 is 0 Å². The molecule has 0 fully saturated rings. The van der Waals surface area contributed by atoms with Crippen LogP contribution in [0.3, 0.4) is 0 Å². The lowest BCUT2D eigenvalue weighted by Crippen LogP contribution is -2.38. The van der Waals surface area contributed by atoms with Crippen LogP contribution in [0.2, 0.25) is 0 Å². The second kappa shape index (κ2) is 4.82. The summed E-state index contributed by atoms with van der Waals surface area (Å²) in [5, 5.41) is 7.43. The summed E-state index contributed by atoms with van der Waals surface area (Å²) in [6.45, 7) is 6.12. The molecule has 1 aliphatic heterocycles. The average Bonchev–Trinajstić information content (AvgIpc) is 2.86. The van der Waals surface area contributed by atoms with Crippen LogP contribution in [0.15, 0.2) is 46.6 Å². The van der Waals surface area contributed by atoms with Crippen molar-refractivity contribution in [3.63, 3.8) is 0 Å². The van der Waals surface area contributed by atoms with Gasteiger partial charge in [0.15, 0.2) is 0 Å². The van der Waals surface area contributed by atoms with Crippen LogP contribution in [-0.4, -0.2) is 10.9 Å². The monoisotopic (exact) mass is 308 g/mol. The van der Waals surface area contributed by atoms with Crippen LogP contribution in [0.5, 0.6) is 0 Å². The standard InChI is InChI=1S/C19H20N2O2/c1-11-15-16(12-7-5-4-6-8-12)17-13(20-18(15)23-21-11)9-19(2,3)10-14(17)22/h4-9,16-17,20H,10H2,1-3H3/t16-,17-/m0/s1. The van der Waals surface area contributed by atoms with E-state index in [1.165, 1.54) is 0 Å². The molecule has 23 heavy (non-hydrogen) atoms. The zero-order chi connectivity index (χ0) is 16.2. The predicted molar refractivity (Wildman–Crippen MR) is 88.1 cm³/mol. The summed E-state index contributed by atoms with van der Waals surface area (Å²) >= 11 is 0. The number of Topliss-reactive ketones (excluding diaryl/α,β-unsaturated/α-hetero) is 1. The number of ketones is 1. The van der Waals surface area contributed by atoms with Crippen molar-refractivity contribution in [1.29, 1.82) is 0 Å². The Morgan fingerprint density at radius 1 is 1.22 bits per heavy atom. The molecule has 2 heterocycles. The molecule has 4 rings (SSSR count). The minimum atomic E-state index is -0.184. The van der Waals surface area contributed by atoms with E-state index in [1.54, 1.807) is 0 Å². The summed E-state index contributed by atoms with van der Waals surface area (Å²) in [5.74, 6) is 0.731. The number of nitrogens with one attached hydrogen (secondary N) is 1. The van der Waals surface area contributed by atoms with Crippen molar-refractivity contribution < 1.29 is 9.32 Å². The van der Waals surface area contributed by atoms with Crippen molar-refractivity contribution >= 4 is 11.7 Å². The van der Waals surface area contributed by atoms with Gasteiger partial charge in [0.05, 0.1) is 11.6 Å². The molecule has 0 amide bonds. The molecule has 2 aliphatic rings. The Kier molecular flexibility index (Phi) is 2.98. The third-order valence-electron chi connectivity index (χ3n) is 4.83. The van der Waals surface area contributed by atoms with Gasteiger partial charge < -0.3 is 9.84 Å². The number of hydrogen-bond donors (Lipinski definition) is 1. The lowest BCUT2D eigenvalue weighted by atomic mass is 9.67. The topological polar surface area (TPSA) is 55.1 Å². The highest BCUT2D eigenvalue weighted by atomic mass is 16.5. The number of aromatic nitrogens is 1. The molecule has 2 atom stereocenters. The van der Waals surface area contributed by atoms with Crippen LogP contribution in [0, 0.1) is 18.3 Å². The Labute approximate surface area is 135 Å². The van der Waals surface area contributed by atoms with Gasteiger partial charge in [-0.05, 0) is 17.9 Å². The van der Waals surface area contributed by atoms with Crippen molar-refractivity contribution in [2.75, 3.05) is 5.32 Å². The molecule has 0 radical (unpaired) electrons. The van der Waals surface area contributed by atoms with Crippen molar-refractivity contribution in [1.82, 2.24) is 5.16 Å². The maximum Gasteiger partial charge on any atom is 0.232 e. The van der Waals surface area contributed by atoms with Gasteiger partial charge in [-0.25, -0.2) is 0 Å². The SMILES string of the molecule is Cc1noc2c1[C@H](c1ccccc1)[C@@H]1C(=O)CC(C)(C)C=C1N2. The Bertz CT molecular complexity index is 802. The quantitative estimate of drug-likeness (QED) is 0.864. The number of hydrogen-bond acceptors (Lipinski definition) is 4. The van der Waals surface area contributed by atoms with E-state index >= 15 is 0 Å². The van der Waals surface area contributed by atoms with Crippen LogP contribution >= 0.6 is 0 Å². The normalized spacial score (nSPS) is 25.2. The van der Waals surface area contributed by atoms with Gasteiger partial charge in [-0.3, -0.25) is 4.79 Å². The minimum Gasteiger partial charge on any atom is -0.338 e. The van der Waals surface area contributed by atoms with Crippen LogP contribution in [0.4, 0.5) is 5.88 Å². The first-order valence-electron chi connectivity index (χ1n) is 8.00. The number of nitrogens with zero attached hydrogens (tertiary/aromatic N) is 1. The van der Waals surface area contributed by atoms with E-state index in [9.17, 15) is 4.79 Å². The number of carbonyl (C=O) groups is 1. The zero-order valence-electron chi connectivity index (χ0n) is 13.6. The number of allylic oxidation sites excluding steroid dienone is 2. The highest BCUT2D eigenvalue weighted by molar-refractivity contribution is 5.90. The van der Waals surface area contributed by atoms with E-state index in [0.29, 0.717) is 12.3 Å². The summed E-state index contributed by atoms with van der Waals surface area (Å²) in [7, 11) is 0. The number of fused-ring (bicyclic) bond motifs is 2. The number of aryl methyl sites for hydroxylation is 1. The predicted octanol–water partition coefficient (Wildman–Crippen LogP) is 4.04. The molecule has 1 aromatic carbocycles. The highest BCUT2D eigenvalue weighted by Crippen LogP contribution is 2.50. The fourth-order valence-corrected chi connectivity index (χ4v) is 3.92. The van der Waals surface area contributed by atoms with E-state index in [2.05, 4.69) is 42.5 Å². The Morgan fingerprint density at radius 3 is 2.70 bits per heavy atom. The molecule has 4 nitrogen and oxygen atoms in total. The van der Waals surface area contributed by atoms with Crippen LogP contribution in [0.1, 0.15) is 43.0 Å². The molecule has 0 spiro atoms. The summed E-state index contributed by atoms with van der Waals surface area (Å²) in [6.07, 6.45) is 2.74. The summed E-state index contributed by atoms with van der Waals surface area (Å²) < 4.78 is 5.48. The van der Waals surface area contributed by atoms with Crippen LogP contribution in [-0.2, 0) is 4.79 Å². The summed E-state index contributed by atoms with van der Waals surface area (Å²) in [6, 6.07) is 10.2. The fourth-order valence-electron chi connectivity index (χ4n) is 3.92. The zero-order valence-corrected chi connectivity index (χ0v) is 13.6. The maximum atomic E-state index is 12.9. The van der Waals surface area contributed by atoms with E-state index in [0.717, 1.165) is 22.5 Å². The third-order valence-corrected chi connectivity index (χ3v) is 4.83. The molecule has 1 aromatic heterocycles. The van der Waals surface area contributed by atoms with Gasteiger partial charge in [0.25, 0.3) is 0 Å². The van der Waals surface area contributed by atoms with Crippen molar-refractivity contribution in [2.45, 2.75) is 33.1 Å². The number of anilines is 1. The lowest BCUT2D eigenvalue weighted by molar-refractivity contribution is -0.124. The van der Waals surface area contributed by atoms with Crippen molar-refractivity contribution in [3.05, 3.63) is 58.9 Å². The third kappa shape index (κ3) is 2.21. The molecule has 0 saturated heterocycles. The largest absolute Gasteiger partial charge is 0.338 e. The van der Waals surface area contributed by atoms with Gasteiger partial charge in [-0.15, -0.1) is 0 Å². The molecule has 0 unspecified atom stereocenters. The number of carbonyl (C=O) groups excluding carboxylic acids is 1. The molecular formula is C19H20N2O2. The molecule has 1 N–H and O–H groups in total. The van der Waals surface area contributed by atoms with Crippen LogP contribution in [0.25, 0.3) is 0 Å². The Morgan fingerprint density at radius 2 is 1.96 bits per heavy atom. The first-order chi connectivity index (χ1) is 11.0. The molecule has 0 saturated carbocycles. The molecular weight excluding hydrogens is 288 g/mol. The molecule has 0 bridgehead atoms. The van der Waals surface area contributed by atoms with E-state index in [-0.39, 0.29) is 23.0 Å². The average molecular weight is 308 g/mol. The van der Waals surface area contributed by atoms with Gasteiger partial charge in [0.2, 0.25) is 5.88 Å². The lowest BCUT2D eigenvalue weighted by Gasteiger charge is -2.39. The first-order valence-corrected chi connectivity index (χ1v) is 8.00. The van der Waals surface area contributed by atoms with Gasteiger partial charge in [0.1, 0.15) is 5.78 Å². The molecule has 1 aliphatic carbocycles. The van der Waals surface area contributed by atoms with Crippen molar-refractivity contribution in [3.8, 4) is 0 Å². The Balaban J connectivity index is 1.94. The van der Waals surface area contributed by atoms with E-state index in [4.69, 9.17) is 4.52 Å². The number of rotatable bonds is 1. The van der Waals surface area contributed by atoms with Gasteiger partial charge in [0, 0.05) is 23.6 Å². The molecule has 4 heteroatoms. The maximum absolute atomic E-state index is 12.9. The van der Waals surface area contributed by atoms with Crippen molar-refractivity contribution in [2.24, 2.45) is 11.3 Å². The smallest absolute Gasteiger partial charge is 0.232 e. The van der Waals surface area contributed by atoms with E-state index in [1.807, 2.05) is 25.1 Å². The minimum absolute atomic E-state index is 0.0338. The first kappa shape index (κ1) is 14.2. The van der Waals surface area contributed by atoms with Gasteiger partial charge in [-0.1, -0.05) is 55.4 Å². The summed E-state index contributed by atoms with van der Waals surface area (Å²) in [5.41, 5.74) is 3.79. The summed E-state index contributed by atoms with van der Waals surface area (Å²) in [4.78, 5) is 12.9. The molecule has 118 valence electrons. The van der Waals surface area contributed by atoms with Gasteiger partial charge in [-0.2, -0.15) is 0 Å². The second-order valence-corrected chi connectivity index (χ2v) is 7.23. The number of benzene rings is 1. The highest BCUT2D eigenvalue weighted by Gasteiger charge is 2.45. The Hall–Kier alpha value is -2.36. The second-order valence-electron chi connectivity index (χ2n) is 7.23. The van der Waals surface area contributed by atoms with Crippen LogP contribution < -0.4 is 5.32 Å². The fraction of sp³-hybridized carbons (Fsp3) is 0.368. The molecule has 2 aromatic rings.